The van der Waals surface area contributed by atoms with Crippen LogP contribution in [0.1, 0.15) is 28.7 Å². The molecule has 0 radical (unpaired) electrons. The molecule has 1 unspecified atom stereocenters. The first-order valence-electron chi connectivity index (χ1n) is 8.45. The second kappa shape index (κ2) is 7.90. The van der Waals surface area contributed by atoms with Crippen LogP contribution in [0, 0.1) is 6.92 Å². The van der Waals surface area contributed by atoms with Gasteiger partial charge in [-0.15, -0.1) is 6.58 Å². The highest BCUT2D eigenvalue weighted by molar-refractivity contribution is 5.54. The van der Waals surface area contributed by atoms with Crippen LogP contribution in [0.2, 0.25) is 0 Å². The molecule has 0 bridgehead atoms. The number of aliphatic hydroxyl groups is 1. The molecular formula is C21H18F3NO3. The summed E-state index contributed by atoms with van der Waals surface area (Å²) in [5.74, 6) is 1.27. The number of rotatable bonds is 6. The second-order valence-corrected chi connectivity index (χ2v) is 6.14. The zero-order valence-electron chi connectivity index (χ0n) is 15.0. The molecule has 146 valence electrons. The first-order chi connectivity index (χ1) is 13.3. The Balaban J connectivity index is 1.73. The van der Waals surface area contributed by atoms with E-state index in [1.54, 1.807) is 31.2 Å². The van der Waals surface area contributed by atoms with Gasteiger partial charge in [-0.25, -0.2) is 4.98 Å². The van der Waals surface area contributed by atoms with Gasteiger partial charge in [0.2, 0.25) is 5.89 Å². The van der Waals surface area contributed by atoms with E-state index in [0.29, 0.717) is 28.3 Å². The van der Waals surface area contributed by atoms with E-state index < -0.39 is 17.8 Å². The molecule has 4 nitrogen and oxygen atoms in total. The zero-order valence-corrected chi connectivity index (χ0v) is 15.0. The molecule has 0 aliphatic heterocycles. The molecule has 1 heterocycles. The fourth-order valence-corrected chi connectivity index (χ4v) is 2.56. The van der Waals surface area contributed by atoms with Crippen LogP contribution < -0.4 is 4.74 Å². The van der Waals surface area contributed by atoms with Crippen molar-refractivity contribution < 1.29 is 27.4 Å². The first kappa shape index (κ1) is 19.7. The van der Waals surface area contributed by atoms with Crippen LogP contribution in [0.5, 0.6) is 5.75 Å². The van der Waals surface area contributed by atoms with E-state index in [-0.39, 0.29) is 12.5 Å². The van der Waals surface area contributed by atoms with Crippen LogP contribution >= 0.6 is 0 Å². The Morgan fingerprint density at radius 1 is 1.21 bits per heavy atom. The molecule has 1 aromatic heterocycles. The van der Waals surface area contributed by atoms with Gasteiger partial charge in [-0.2, -0.15) is 13.2 Å². The smallest absolute Gasteiger partial charge is 0.416 e. The Morgan fingerprint density at radius 3 is 2.57 bits per heavy atom. The van der Waals surface area contributed by atoms with Crippen molar-refractivity contribution in [2.45, 2.75) is 25.8 Å². The average molecular weight is 389 g/mol. The van der Waals surface area contributed by atoms with Crippen LogP contribution in [0.3, 0.4) is 0 Å². The van der Waals surface area contributed by atoms with Crippen molar-refractivity contribution in [3.63, 3.8) is 0 Å². The van der Waals surface area contributed by atoms with E-state index >= 15 is 0 Å². The standard InChI is InChI=1S/C21H18F3NO3/c1-3-19(26)15-5-4-6-17(11-15)27-12-18-13(2)28-20(25-18)14-7-9-16(10-8-14)21(22,23)24/h3-11,19,26H,1,12H2,2H3. The van der Waals surface area contributed by atoms with Crippen molar-refractivity contribution in [3.05, 3.63) is 83.8 Å². The van der Waals surface area contributed by atoms with E-state index in [1.165, 1.54) is 18.2 Å². The Kier molecular flexibility index (Phi) is 5.56. The fraction of sp³-hybridized carbons (Fsp3) is 0.190. The summed E-state index contributed by atoms with van der Waals surface area (Å²) in [5, 5.41) is 9.81. The number of hydrogen-bond acceptors (Lipinski definition) is 4. The fourth-order valence-electron chi connectivity index (χ4n) is 2.56. The lowest BCUT2D eigenvalue weighted by Gasteiger charge is -2.09. The summed E-state index contributed by atoms with van der Waals surface area (Å²) in [6.45, 7) is 5.37. The van der Waals surface area contributed by atoms with Crippen molar-refractivity contribution in [1.29, 1.82) is 0 Å². The van der Waals surface area contributed by atoms with E-state index in [1.807, 2.05) is 0 Å². The molecule has 28 heavy (non-hydrogen) atoms. The molecule has 1 N–H and O–H groups in total. The third-order valence-electron chi connectivity index (χ3n) is 4.15. The van der Waals surface area contributed by atoms with Crippen molar-refractivity contribution in [2.24, 2.45) is 0 Å². The number of benzene rings is 2. The normalized spacial score (nSPS) is 12.6. The van der Waals surface area contributed by atoms with E-state index in [0.717, 1.165) is 12.1 Å². The summed E-state index contributed by atoms with van der Waals surface area (Å²) in [7, 11) is 0. The number of hydrogen-bond donors (Lipinski definition) is 1. The van der Waals surface area contributed by atoms with Gasteiger partial charge in [0, 0.05) is 5.56 Å². The summed E-state index contributed by atoms with van der Waals surface area (Å²) in [6, 6.07) is 11.6. The van der Waals surface area contributed by atoms with Gasteiger partial charge in [0.1, 0.15) is 23.8 Å². The van der Waals surface area contributed by atoms with Crippen LogP contribution in [0.4, 0.5) is 13.2 Å². The first-order valence-corrected chi connectivity index (χ1v) is 8.45. The van der Waals surface area contributed by atoms with Gasteiger partial charge in [-0.1, -0.05) is 18.2 Å². The lowest BCUT2D eigenvalue weighted by molar-refractivity contribution is -0.137. The van der Waals surface area contributed by atoms with Crippen molar-refractivity contribution in [1.82, 2.24) is 4.98 Å². The monoisotopic (exact) mass is 389 g/mol. The molecule has 3 aromatic rings. The highest BCUT2D eigenvalue weighted by Crippen LogP contribution is 2.31. The number of aryl methyl sites for hydroxylation is 1. The maximum absolute atomic E-state index is 12.7. The summed E-state index contributed by atoms with van der Waals surface area (Å²) in [6.07, 6.45) is -3.77. The Morgan fingerprint density at radius 2 is 1.93 bits per heavy atom. The molecule has 1 atom stereocenters. The number of aromatic nitrogens is 1. The van der Waals surface area contributed by atoms with Crippen LogP contribution in [0.15, 0.2) is 65.6 Å². The Bertz CT molecular complexity index is 962. The lowest BCUT2D eigenvalue weighted by Crippen LogP contribution is -2.04. The van der Waals surface area contributed by atoms with Crippen LogP contribution in [0.25, 0.3) is 11.5 Å². The molecule has 0 aliphatic rings. The molecule has 0 amide bonds. The van der Waals surface area contributed by atoms with E-state index in [4.69, 9.17) is 9.15 Å². The summed E-state index contributed by atoms with van der Waals surface area (Å²) in [5.41, 5.74) is 0.891. The van der Waals surface area contributed by atoms with Crippen molar-refractivity contribution in [3.8, 4) is 17.2 Å². The SMILES string of the molecule is C=CC(O)c1cccc(OCc2nc(-c3ccc(C(F)(F)F)cc3)oc2C)c1. The molecular weight excluding hydrogens is 371 g/mol. The number of halogens is 3. The molecule has 0 saturated carbocycles. The number of nitrogens with zero attached hydrogens (tertiary/aromatic N) is 1. The molecule has 3 rings (SSSR count). The number of oxazole rings is 1. The minimum atomic E-state index is -4.39. The zero-order chi connectivity index (χ0) is 20.3. The predicted octanol–water partition coefficient (Wildman–Crippen LogP) is 5.47. The number of aliphatic hydroxyl groups excluding tert-OH is 1. The molecule has 7 heteroatoms. The van der Waals surface area contributed by atoms with Crippen molar-refractivity contribution >= 4 is 0 Å². The molecule has 0 spiro atoms. The third kappa shape index (κ3) is 4.43. The minimum Gasteiger partial charge on any atom is -0.487 e. The van der Waals surface area contributed by atoms with Gasteiger partial charge < -0.3 is 14.3 Å². The van der Waals surface area contributed by atoms with E-state index in [9.17, 15) is 18.3 Å². The number of alkyl halides is 3. The molecule has 0 aliphatic carbocycles. The largest absolute Gasteiger partial charge is 0.487 e. The summed E-state index contributed by atoms with van der Waals surface area (Å²) in [4.78, 5) is 4.32. The number of ether oxygens (including phenoxy) is 1. The highest BCUT2D eigenvalue weighted by atomic mass is 19.4. The quantitative estimate of drug-likeness (QED) is 0.568. The maximum Gasteiger partial charge on any atom is 0.416 e. The van der Waals surface area contributed by atoms with Gasteiger partial charge in [0.05, 0.1) is 11.7 Å². The minimum absolute atomic E-state index is 0.115. The molecule has 0 saturated heterocycles. The van der Waals surface area contributed by atoms with Gasteiger partial charge >= 0.3 is 6.18 Å². The van der Waals surface area contributed by atoms with E-state index in [2.05, 4.69) is 11.6 Å². The average Bonchev–Trinajstić information content (AvgIpc) is 3.06. The maximum atomic E-state index is 12.7. The van der Waals surface area contributed by atoms with Crippen molar-refractivity contribution in [2.75, 3.05) is 0 Å². The predicted molar refractivity (Wildman–Crippen MR) is 97.6 cm³/mol. The summed E-state index contributed by atoms with van der Waals surface area (Å²) >= 11 is 0. The van der Waals surface area contributed by atoms with Gasteiger partial charge in [-0.3, -0.25) is 0 Å². The van der Waals surface area contributed by atoms with Gasteiger partial charge in [-0.05, 0) is 48.9 Å². The van der Waals surface area contributed by atoms with Crippen LogP contribution in [-0.2, 0) is 12.8 Å². The van der Waals surface area contributed by atoms with Gasteiger partial charge in [0.25, 0.3) is 0 Å². The second-order valence-electron chi connectivity index (χ2n) is 6.14. The Hall–Kier alpha value is -3.06. The lowest BCUT2D eigenvalue weighted by atomic mass is 10.1. The van der Waals surface area contributed by atoms with Crippen LogP contribution in [-0.4, -0.2) is 10.1 Å². The highest BCUT2D eigenvalue weighted by Gasteiger charge is 2.30. The molecule has 2 aromatic carbocycles. The third-order valence-corrected chi connectivity index (χ3v) is 4.15. The Labute approximate surface area is 159 Å². The summed E-state index contributed by atoms with van der Waals surface area (Å²) < 4.78 is 49.3. The topological polar surface area (TPSA) is 55.5 Å². The molecule has 0 fully saturated rings. The van der Waals surface area contributed by atoms with Gasteiger partial charge in [0.15, 0.2) is 0 Å².